The van der Waals surface area contributed by atoms with Gasteiger partial charge in [-0.15, -0.1) is 35.3 Å². The highest BCUT2D eigenvalue weighted by molar-refractivity contribution is 14.0. The number of hydrogen-bond donors (Lipinski definition) is 2. The Morgan fingerprint density at radius 2 is 2.08 bits per heavy atom. The standard InChI is InChI=1S/C19H24N4OS.HI/c1-5-20-19(21-11-18-13(3)22-14(4)25-18)23-12(2)17-10-15-8-6-7-9-16(15)24-17;/h6-10,12H,5,11H2,1-4H3,(H2,20,21,23);1H. The molecule has 0 spiro atoms. The minimum atomic E-state index is 0. The Kier molecular flexibility index (Phi) is 7.45. The van der Waals surface area contributed by atoms with E-state index in [0.717, 1.165) is 39.9 Å². The molecule has 0 saturated carbocycles. The number of halogens is 1. The summed E-state index contributed by atoms with van der Waals surface area (Å²) in [6, 6.07) is 10.1. The number of thiazole rings is 1. The number of nitrogens with one attached hydrogen (secondary N) is 2. The summed E-state index contributed by atoms with van der Waals surface area (Å²) in [5.74, 6) is 1.68. The number of aromatic nitrogens is 1. The zero-order chi connectivity index (χ0) is 17.8. The van der Waals surface area contributed by atoms with Crippen LogP contribution in [0.1, 0.15) is 41.2 Å². The third-order valence-electron chi connectivity index (χ3n) is 3.95. The van der Waals surface area contributed by atoms with Gasteiger partial charge in [0, 0.05) is 16.8 Å². The van der Waals surface area contributed by atoms with Gasteiger partial charge in [-0.25, -0.2) is 9.98 Å². The molecule has 7 heteroatoms. The highest BCUT2D eigenvalue weighted by Gasteiger charge is 2.13. The number of furan rings is 1. The fourth-order valence-electron chi connectivity index (χ4n) is 2.68. The number of para-hydroxylation sites is 1. The summed E-state index contributed by atoms with van der Waals surface area (Å²) in [5.41, 5.74) is 1.97. The molecule has 2 heterocycles. The van der Waals surface area contributed by atoms with Crippen molar-refractivity contribution < 1.29 is 4.42 Å². The van der Waals surface area contributed by atoms with E-state index in [1.54, 1.807) is 11.3 Å². The van der Waals surface area contributed by atoms with Gasteiger partial charge in [0.05, 0.1) is 23.3 Å². The number of benzene rings is 1. The molecule has 0 saturated heterocycles. The van der Waals surface area contributed by atoms with Crippen molar-refractivity contribution >= 4 is 52.2 Å². The molecular formula is C19H25IN4OS. The molecule has 3 rings (SSSR count). The van der Waals surface area contributed by atoms with Gasteiger partial charge in [-0.05, 0) is 39.8 Å². The first-order valence-corrected chi connectivity index (χ1v) is 9.34. The van der Waals surface area contributed by atoms with E-state index in [1.807, 2.05) is 32.0 Å². The molecule has 1 atom stereocenters. The molecule has 0 fully saturated rings. The summed E-state index contributed by atoms with van der Waals surface area (Å²) in [7, 11) is 0. The Balaban J connectivity index is 0.00000243. The van der Waals surface area contributed by atoms with E-state index >= 15 is 0 Å². The molecule has 0 radical (unpaired) electrons. The second kappa shape index (κ2) is 9.36. The lowest BCUT2D eigenvalue weighted by atomic mass is 10.2. The zero-order valence-corrected chi connectivity index (χ0v) is 18.6. The predicted molar refractivity (Wildman–Crippen MR) is 120 cm³/mol. The number of aryl methyl sites for hydroxylation is 2. The third-order valence-corrected chi connectivity index (χ3v) is 5.01. The van der Waals surface area contributed by atoms with Crippen molar-refractivity contribution in [3.63, 3.8) is 0 Å². The average molecular weight is 484 g/mol. The van der Waals surface area contributed by atoms with E-state index in [9.17, 15) is 0 Å². The first-order valence-electron chi connectivity index (χ1n) is 8.53. The van der Waals surface area contributed by atoms with Crippen LogP contribution in [0.4, 0.5) is 0 Å². The minimum Gasteiger partial charge on any atom is -0.459 e. The Hall–Kier alpha value is -1.61. The van der Waals surface area contributed by atoms with Crippen molar-refractivity contribution in [2.45, 2.75) is 40.3 Å². The second-order valence-electron chi connectivity index (χ2n) is 5.99. The van der Waals surface area contributed by atoms with Crippen molar-refractivity contribution in [2.24, 2.45) is 4.99 Å². The number of guanidine groups is 1. The summed E-state index contributed by atoms with van der Waals surface area (Å²) < 4.78 is 5.94. The van der Waals surface area contributed by atoms with E-state index in [0.29, 0.717) is 6.54 Å². The zero-order valence-electron chi connectivity index (χ0n) is 15.5. The van der Waals surface area contributed by atoms with E-state index in [-0.39, 0.29) is 30.0 Å². The fourth-order valence-corrected chi connectivity index (χ4v) is 3.54. The molecule has 3 aromatic rings. The van der Waals surface area contributed by atoms with Gasteiger partial charge in [0.25, 0.3) is 0 Å². The molecule has 0 aliphatic rings. The van der Waals surface area contributed by atoms with Crippen molar-refractivity contribution in [1.82, 2.24) is 15.6 Å². The molecule has 0 aliphatic carbocycles. The van der Waals surface area contributed by atoms with Gasteiger partial charge >= 0.3 is 0 Å². The molecule has 1 aromatic carbocycles. The molecule has 0 aliphatic heterocycles. The lowest BCUT2D eigenvalue weighted by Gasteiger charge is -2.16. The van der Waals surface area contributed by atoms with Crippen LogP contribution >= 0.6 is 35.3 Å². The molecule has 140 valence electrons. The minimum absolute atomic E-state index is 0. The Morgan fingerprint density at radius 3 is 2.73 bits per heavy atom. The van der Waals surface area contributed by atoms with Gasteiger partial charge in [-0.1, -0.05) is 18.2 Å². The van der Waals surface area contributed by atoms with Gasteiger partial charge < -0.3 is 15.1 Å². The summed E-state index contributed by atoms with van der Waals surface area (Å²) in [6.07, 6.45) is 0. The van der Waals surface area contributed by atoms with Crippen LogP contribution in [0.3, 0.4) is 0 Å². The number of nitrogens with zero attached hydrogens (tertiary/aromatic N) is 2. The number of aliphatic imine (C=N–C) groups is 1. The van der Waals surface area contributed by atoms with Gasteiger partial charge in [-0.2, -0.15) is 0 Å². The second-order valence-corrected chi connectivity index (χ2v) is 7.28. The topological polar surface area (TPSA) is 62.5 Å². The molecule has 2 N–H and O–H groups in total. The van der Waals surface area contributed by atoms with Gasteiger partial charge in [-0.3, -0.25) is 0 Å². The van der Waals surface area contributed by atoms with Crippen LogP contribution in [-0.2, 0) is 6.54 Å². The summed E-state index contributed by atoms with van der Waals surface area (Å²) in [4.78, 5) is 10.4. The first-order chi connectivity index (χ1) is 12.1. The molecule has 26 heavy (non-hydrogen) atoms. The van der Waals surface area contributed by atoms with Gasteiger partial charge in [0.1, 0.15) is 11.3 Å². The predicted octanol–water partition coefficient (Wildman–Crippen LogP) is 4.94. The average Bonchev–Trinajstić information content (AvgIpc) is 3.15. The summed E-state index contributed by atoms with van der Waals surface area (Å²) >= 11 is 1.70. The van der Waals surface area contributed by atoms with Crippen LogP contribution in [0.5, 0.6) is 0 Å². The van der Waals surface area contributed by atoms with Crippen LogP contribution in [0.25, 0.3) is 11.0 Å². The van der Waals surface area contributed by atoms with E-state index in [2.05, 4.69) is 41.6 Å². The Morgan fingerprint density at radius 1 is 1.31 bits per heavy atom. The normalized spacial score (nSPS) is 12.7. The monoisotopic (exact) mass is 484 g/mol. The lowest BCUT2D eigenvalue weighted by Crippen LogP contribution is -2.38. The maximum atomic E-state index is 5.94. The number of fused-ring (bicyclic) bond motifs is 1. The highest BCUT2D eigenvalue weighted by atomic mass is 127. The van der Waals surface area contributed by atoms with Crippen molar-refractivity contribution in [3.05, 3.63) is 51.7 Å². The van der Waals surface area contributed by atoms with Crippen molar-refractivity contribution in [1.29, 1.82) is 0 Å². The maximum Gasteiger partial charge on any atom is 0.192 e. The highest BCUT2D eigenvalue weighted by Crippen LogP contribution is 2.23. The maximum absolute atomic E-state index is 5.94. The summed E-state index contributed by atoms with van der Waals surface area (Å²) in [5, 5.41) is 8.91. The molecule has 0 bridgehead atoms. The summed E-state index contributed by atoms with van der Waals surface area (Å²) in [6.45, 7) is 9.63. The molecule has 0 amide bonds. The first kappa shape index (κ1) is 20.7. The van der Waals surface area contributed by atoms with Crippen LogP contribution in [-0.4, -0.2) is 17.5 Å². The SMILES string of the molecule is CCNC(=NCc1sc(C)nc1C)NC(C)c1cc2ccccc2o1.I. The van der Waals surface area contributed by atoms with E-state index in [1.165, 1.54) is 4.88 Å². The number of hydrogen-bond acceptors (Lipinski definition) is 4. The van der Waals surface area contributed by atoms with Crippen molar-refractivity contribution in [2.75, 3.05) is 6.54 Å². The largest absolute Gasteiger partial charge is 0.459 e. The van der Waals surface area contributed by atoms with Gasteiger partial charge in [0.2, 0.25) is 0 Å². The Labute approximate surface area is 175 Å². The van der Waals surface area contributed by atoms with E-state index < -0.39 is 0 Å². The van der Waals surface area contributed by atoms with Gasteiger partial charge in [0.15, 0.2) is 5.96 Å². The quantitative estimate of drug-likeness (QED) is 0.306. The molecule has 1 unspecified atom stereocenters. The van der Waals surface area contributed by atoms with Crippen LogP contribution in [0.2, 0.25) is 0 Å². The lowest BCUT2D eigenvalue weighted by molar-refractivity contribution is 0.488. The molecular weight excluding hydrogens is 459 g/mol. The van der Waals surface area contributed by atoms with Crippen molar-refractivity contribution in [3.8, 4) is 0 Å². The van der Waals surface area contributed by atoms with Crippen LogP contribution in [0, 0.1) is 13.8 Å². The number of rotatable bonds is 5. The fraction of sp³-hybridized carbons (Fsp3) is 0.368. The van der Waals surface area contributed by atoms with E-state index in [4.69, 9.17) is 9.41 Å². The van der Waals surface area contributed by atoms with Crippen LogP contribution < -0.4 is 10.6 Å². The smallest absolute Gasteiger partial charge is 0.192 e. The molecule has 5 nitrogen and oxygen atoms in total. The Bertz CT molecular complexity index is 854. The van der Waals surface area contributed by atoms with Crippen LogP contribution in [0.15, 0.2) is 39.7 Å². The molecule has 2 aromatic heterocycles. The third kappa shape index (κ3) is 4.97.